The van der Waals surface area contributed by atoms with Crippen LogP contribution in [-0.2, 0) is 0 Å². The van der Waals surface area contributed by atoms with E-state index in [1.165, 1.54) is 43.6 Å². The van der Waals surface area contributed by atoms with Crippen LogP contribution in [0.2, 0.25) is 0 Å². The molecule has 3 nitrogen and oxygen atoms in total. The van der Waals surface area contributed by atoms with Crippen LogP contribution in [0.5, 0.6) is 0 Å². The molecule has 1 heterocycles. The van der Waals surface area contributed by atoms with Crippen LogP contribution < -0.4 is 5.32 Å². The molecule has 0 saturated heterocycles. The largest absolute Gasteiger partial charge is 0.313 e. The predicted octanol–water partition coefficient (Wildman–Crippen LogP) is 3.58. The van der Waals surface area contributed by atoms with Crippen molar-refractivity contribution in [3.63, 3.8) is 0 Å². The minimum atomic E-state index is 0.654. The highest BCUT2D eigenvalue weighted by Crippen LogP contribution is 2.37. The summed E-state index contributed by atoms with van der Waals surface area (Å²) in [6.45, 7) is 5.68. The molecule has 1 aromatic rings. The van der Waals surface area contributed by atoms with Gasteiger partial charge >= 0.3 is 0 Å². The first kappa shape index (κ1) is 14.3. The zero-order valence-electron chi connectivity index (χ0n) is 11.3. The molecule has 2 rings (SSSR count). The molecule has 1 aromatic heterocycles. The lowest BCUT2D eigenvalue weighted by Gasteiger charge is -2.35. The molecule has 0 radical (unpaired) electrons. The van der Waals surface area contributed by atoms with E-state index in [2.05, 4.69) is 28.5 Å². The van der Waals surface area contributed by atoms with E-state index < -0.39 is 0 Å². The topological polar surface area (TPSA) is 37.8 Å². The highest BCUT2D eigenvalue weighted by Gasteiger charge is 2.30. The Kier molecular flexibility index (Phi) is 5.92. The van der Waals surface area contributed by atoms with Gasteiger partial charge in [-0.15, -0.1) is 0 Å². The van der Waals surface area contributed by atoms with Crippen molar-refractivity contribution < 1.29 is 0 Å². The predicted molar refractivity (Wildman–Crippen MR) is 79.3 cm³/mol. The Morgan fingerprint density at radius 2 is 2.33 bits per heavy atom. The molecule has 1 fully saturated rings. The number of rotatable bonds is 6. The zero-order valence-corrected chi connectivity index (χ0v) is 12.9. The first-order valence-electron chi connectivity index (χ1n) is 7.00. The average molecular weight is 285 g/mol. The summed E-state index contributed by atoms with van der Waals surface area (Å²) in [5.74, 6) is 0.898. The van der Waals surface area contributed by atoms with Crippen LogP contribution in [0.1, 0.15) is 46.0 Å². The van der Waals surface area contributed by atoms with Crippen LogP contribution >= 0.6 is 23.3 Å². The summed E-state index contributed by atoms with van der Waals surface area (Å²) in [7, 11) is 0. The molecule has 5 heteroatoms. The van der Waals surface area contributed by atoms with Crippen molar-refractivity contribution >= 4 is 23.3 Å². The third kappa shape index (κ3) is 3.93. The van der Waals surface area contributed by atoms with Crippen LogP contribution in [0.15, 0.2) is 10.7 Å². The van der Waals surface area contributed by atoms with E-state index in [0.29, 0.717) is 11.3 Å². The number of thioether (sulfide) groups is 1. The number of nitrogens with one attached hydrogen (secondary N) is 1. The third-order valence-electron chi connectivity index (χ3n) is 3.73. The van der Waals surface area contributed by atoms with Crippen LogP contribution in [0.3, 0.4) is 0 Å². The Labute approximate surface area is 118 Å². The van der Waals surface area contributed by atoms with E-state index >= 15 is 0 Å². The van der Waals surface area contributed by atoms with Gasteiger partial charge in [-0.2, -0.15) is 4.37 Å². The van der Waals surface area contributed by atoms with Gasteiger partial charge in [0, 0.05) is 11.3 Å². The number of hydrogen-bond acceptors (Lipinski definition) is 5. The summed E-state index contributed by atoms with van der Waals surface area (Å²) >= 11 is 3.46. The van der Waals surface area contributed by atoms with Gasteiger partial charge in [-0.1, -0.05) is 32.0 Å². The van der Waals surface area contributed by atoms with E-state index in [1.807, 2.05) is 11.8 Å². The second-order valence-electron chi connectivity index (χ2n) is 5.01. The van der Waals surface area contributed by atoms with Crippen LogP contribution in [-0.4, -0.2) is 27.2 Å². The molecule has 1 N–H and O–H groups in total. The van der Waals surface area contributed by atoms with Crippen LogP contribution in [0.4, 0.5) is 0 Å². The fourth-order valence-electron chi connectivity index (χ4n) is 2.62. The Morgan fingerprint density at radius 3 is 3.00 bits per heavy atom. The normalized spacial score (nSPS) is 28.4. The molecule has 3 atom stereocenters. The molecule has 0 aromatic carbocycles. The molecule has 3 unspecified atom stereocenters. The quantitative estimate of drug-likeness (QED) is 0.867. The molecule has 1 saturated carbocycles. The van der Waals surface area contributed by atoms with Crippen molar-refractivity contribution in [1.29, 1.82) is 0 Å². The minimum Gasteiger partial charge on any atom is -0.313 e. The van der Waals surface area contributed by atoms with E-state index in [1.54, 1.807) is 6.33 Å². The lowest BCUT2D eigenvalue weighted by atomic mass is 9.84. The van der Waals surface area contributed by atoms with E-state index in [-0.39, 0.29) is 0 Å². The maximum Gasteiger partial charge on any atom is 0.170 e. The molecular weight excluding hydrogens is 262 g/mol. The Balaban J connectivity index is 1.94. The van der Waals surface area contributed by atoms with Gasteiger partial charge in [-0.3, -0.25) is 0 Å². The number of nitrogens with zero attached hydrogens (tertiary/aromatic N) is 2. The van der Waals surface area contributed by atoms with Crippen molar-refractivity contribution in [3.05, 3.63) is 6.33 Å². The van der Waals surface area contributed by atoms with Gasteiger partial charge < -0.3 is 5.32 Å². The second kappa shape index (κ2) is 7.46. The number of aromatic nitrogens is 2. The van der Waals surface area contributed by atoms with Gasteiger partial charge in [-0.25, -0.2) is 4.98 Å². The SMILES string of the molecule is CCCNC1CCC(CC)CC1Sc1ncns1. The first-order valence-corrected chi connectivity index (χ1v) is 8.65. The maximum absolute atomic E-state index is 4.32. The summed E-state index contributed by atoms with van der Waals surface area (Å²) in [4.78, 5) is 4.32. The summed E-state index contributed by atoms with van der Waals surface area (Å²) in [6, 6.07) is 0.654. The van der Waals surface area contributed by atoms with Gasteiger partial charge in [0.15, 0.2) is 4.34 Å². The van der Waals surface area contributed by atoms with Gasteiger partial charge in [-0.05, 0) is 49.7 Å². The fraction of sp³-hybridized carbons (Fsp3) is 0.846. The molecule has 1 aliphatic carbocycles. The molecular formula is C13H23N3S2. The van der Waals surface area contributed by atoms with Crippen molar-refractivity contribution in [2.45, 2.75) is 61.6 Å². The molecule has 0 amide bonds. The standard InChI is InChI=1S/C13H23N3S2/c1-3-7-14-11-6-5-10(4-2)8-12(11)17-13-15-9-16-18-13/h9-12,14H,3-8H2,1-2H3. The summed E-state index contributed by atoms with van der Waals surface area (Å²) < 4.78 is 5.23. The average Bonchev–Trinajstić information content (AvgIpc) is 2.90. The smallest absolute Gasteiger partial charge is 0.170 e. The van der Waals surface area contributed by atoms with Gasteiger partial charge in [0.2, 0.25) is 0 Å². The van der Waals surface area contributed by atoms with E-state index in [4.69, 9.17) is 0 Å². The third-order valence-corrected chi connectivity index (χ3v) is 5.83. The molecule has 18 heavy (non-hydrogen) atoms. The highest BCUT2D eigenvalue weighted by atomic mass is 32.2. The summed E-state index contributed by atoms with van der Waals surface area (Å²) in [5, 5.41) is 4.38. The maximum atomic E-state index is 4.32. The van der Waals surface area contributed by atoms with Gasteiger partial charge in [0.1, 0.15) is 6.33 Å². The van der Waals surface area contributed by atoms with Crippen molar-refractivity contribution in [2.75, 3.05) is 6.54 Å². The van der Waals surface area contributed by atoms with Crippen LogP contribution in [0.25, 0.3) is 0 Å². The van der Waals surface area contributed by atoms with E-state index in [9.17, 15) is 0 Å². The van der Waals surface area contributed by atoms with Gasteiger partial charge in [0.05, 0.1) is 0 Å². The fourth-order valence-corrected chi connectivity index (χ4v) is 4.70. The second-order valence-corrected chi connectivity index (χ2v) is 7.28. The molecule has 0 bridgehead atoms. The van der Waals surface area contributed by atoms with Gasteiger partial charge in [0.25, 0.3) is 0 Å². The summed E-state index contributed by atoms with van der Waals surface area (Å²) in [5.41, 5.74) is 0. The monoisotopic (exact) mass is 285 g/mol. The molecule has 0 spiro atoms. The minimum absolute atomic E-state index is 0.654. The van der Waals surface area contributed by atoms with Crippen LogP contribution in [0, 0.1) is 5.92 Å². The molecule has 0 aliphatic heterocycles. The Bertz CT molecular complexity index is 329. The first-order chi connectivity index (χ1) is 8.83. The van der Waals surface area contributed by atoms with Crippen molar-refractivity contribution in [2.24, 2.45) is 5.92 Å². The Hall–Kier alpha value is -0.130. The number of hydrogen-bond donors (Lipinski definition) is 1. The molecule has 1 aliphatic rings. The van der Waals surface area contributed by atoms with Crippen molar-refractivity contribution in [1.82, 2.24) is 14.7 Å². The molecule has 102 valence electrons. The Morgan fingerprint density at radius 1 is 1.44 bits per heavy atom. The lowest BCUT2D eigenvalue weighted by molar-refractivity contribution is 0.295. The summed E-state index contributed by atoms with van der Waals surface area (Å²) in [6.07, 6.45) is 8.21. The lowest BCUT2D eigenvalue weighted by Crippen LogP contribution is -2.42. The van der Waals surface area contributed by atoms with E-state index in [0.717, 1.165) is 16.8 Å². The van der Waals surface area contributed by atoms with Crippen molar-refractivity contribution in [3.8, 4) is 0 Å². The highest BCUT2D eigenvalue weighted by molar-refractivity contribution is 8.01. The zero-order chi connectivity index (χ0) is 12.8.